The number of nitrogens with one attached hydrogen (secondary N) is 1. The van der Waals surface area contributed by atoms with Crippen LogP contribution in [0.25, 0.3) is 0 Å². The zero-order chi connectivity index (χ0) is 19.9. The van der Waals surface area contributed by atoms with E-state index in [1.807, 2.05) is 0 Å². The standard InChI is InChI=1S/C22H24F2N2O2/c23-18-9-5-16(6-10-18)20(17-7-11-19(24)12-8-17)3-1-2-4-22(28)26-14-13-25-21(27)15-26/h5-12,20H,1-4,13-15H2,(H,25,27). The van der Waals surface area contributed by atoms with E-state index in [-0.39, 0.29) is 35.9 Å². The second-order valence-corrected chi connectivity index (χ2v) is 7.07. The zero-order valence-corrected chi connectivity index (χ0v) is 15.7. The summed E-state index contributed by atoms with van der Waals surface area (Å²) in [4.78, 5) is 25.3. The van der Waals surface area contributed by atoms with Gasteiger partial charge in [-0.3, -0.25) is 9.59 Å². The van der Waals surface area contributed by atoms with Crippen LogP contribution in [0.1, 0.15) is 42.7 Å². The molecule has 0 saturated carbocycles. The van der Waals surface area contributed by atoms with Crippen molar-refractivity contribution in [1.29, 1.82) is 0 Å². The maximum Gasteiger partial charge on any atom is 0.239 e. The monoisotopic (exact) mass is 386 g/mol. The van der Waals surface area contributed by atoms with Crippen LogP contribution < -0.4 is 5.32 Å². The third-order valence-electron chi connectivity index (χ3n) is 5.07. The summed E-state index contributed by atoms with van der Waals surface area (Å²) in [6, 6.07) is 12.7. The molecule has 0 spiro atoms. The molecule has 148 valence electrons. The van der Waals surface area contributed by atoms with Crippen LogP contribution in [0.5, 0.6) is 0 Å². The molecule has 6 heteroatoms. The average molecular weight is 386 g/mol. The molecule has 2 aromatic carbocycles. The lowest BCUT2D eigenvalue weighted by molar-refractivity contribution is -0.138. The van der Waals surface area contributed by atoms with Gasteiger partial charge in [0.1, 0.15) is 11.6 Å². The summed E-state index contributed by atoms with van der Waals surface area (Å²) in [7, 11) is 0. The number of amides is 2. The van der Waals surface area contributed by atoms with E-state index in [1.54, 1.807) is 29.2 Å². The van der Waals surface area contributed by atoms with Crippen LogP contribution in [0.2, 0.25) is 0 Å². The number of rotatable bonds is 7. The highest BCUT2D eigenvalue weighted by Crippen LogP contribution is 2.30. The van der Waals surface area contributed by atoms with Gasteiger partial charge in [0.2, 0.25) is 11.8 Å². The van der Waals surface area contributed by atoms with Gasteiger partial charge in [-0.25, -0.2) is 8.78 Å². The van der Waals surface area contributed by atoms with Gasteiger partial charge in [0.25, 0.3) is 0 Å². The van der Waals surface area contributed by atoms with Gasteiger partial charge in [-0.15, -0.1) is 0 Å². The van der Waals surface area contributed by atoms with Crippen LogP contribution in [0, 0.1) is 11.6 Å². The summed E-state index contributed by atoms with van der Waals surface area (Å²) in [5.74, 6) is -0.699. The van der Waals surface area contributed by atoms with E-state index in [0.29, 0.717) is 25.9 Å². The van der Waals surface area contributed by atoms with Crippen molar-refractivity contribution in [2.45, 2.75) is 31.6 Å². The Kier molecular flexibility index (Phi) is 6.74. The Morgan fingerprint density at radius 1 is 0.964 bits per heavy atom. The molecule has 3 rings (SSSR count). The van der Waals surface area contributed by atoms with Gasteiger partial charge in [0.15, 0.2) is 0 Å². The second-order valence-electron chi connectivity index (χ2n) is 7.07. The first-order chi connectivity index (χ1) is 13.5. The average Bonchev–Trinajstić information content (AvgIpc) is 2.70. The number of nitrogens with zero attached hydrogens (tertiary/aromatic N) is 1. The van der Waals surface area contributed by atoms with Gasteiger partial charge in [-0.1, -0.05) is 30.7 Å². The summed E-state index contributed by atoms with van der Waals surface area (Å²) in [5.41, 5.74) is 1.93. The Balaban J connectivity index is 1.58. The number of piperazine rings is 1. The number of benzene rings is 2. The van der Waals surface area contributed by atoms with Gasteiger partial charge in [0.05, 0.1) is 6.54 Å². The molecule has 1 N–H and O–H groups in total. The van der Waals surface area contributed by atoms with Crippen molar-refractivity contribution >= 4 is 11.8 Å². The number of carbonyl (C=O) groups excluding carboxylic acids is 2. The van der Waals surface area contributed by atoms with Gasteiger partial charge in [0, 0.05) is 25.4 Å². The Hall–Kier alpha value is -2.76. The van der Waals surface area contributed by atoms with Crippen molar-refractivity contribution in [3.63, 3.8) is 0 Å². The molecule has 1 saturated heterocycles. The van der Waals surface area contributed by atoms with Crippen LogP contribution in [-0.2, 0) is 9.59 Å². The molecule has 0 bridgehead atoms. The quantitative estimate of drug-likeness (QED) is 0.739. The molecular weight excluding hydrogens is 362 g/mol. The van der Waals surface area contributed by atoms with Gasteiger partial charge in [-0.2, -0.15) is 0 Å². The van der Waals surface area contributed by atoms with Crippen molar-refractivity contribution in [1.82, 2.24) is 10.2 Å². The van der Waals surface area contributed by atoms with E-state index in [0.717, 1.165) is 24.0 Å². The van der Waals surface area contributed by atoms with Crippen molar-refractivity contribution in [2.75, 3.05) is 19.6 Å². The Morgan fingerprint density at radius 2 is 1.54 bits per heavy atom. The fourth-order valence-electron chi connectivity index (χ4n) is 3.55. The van der Waals surface area contributed by atoms with Gasteiger partial charge in [-0.05, 0) is 48.2 Å². The molecule has 2 amide bonds. The highest BCUT2D eigenvalue weighted by atomic mass is 19.1. The van der Waals surface area contributed by atoms with Crippen molar-refractivity contribution in [3.8, 4) is 0 Å². The lowest BCUT2D eigenvalue weighted by atomic mass is 9.87. The summed E-state index contributed by atoms with van der Waals surface area (Å²) in [6.45, 7) is 1.19. The van der Waals surface area contributed by atoms with Crippen molar-refractivity contribution < 1.29 is 18.4 Å². The number of hydrogen-bond acceptors (Lipinski definition) is 2. The first kappa shape index (κ1) is 20.0. The zero-order valence-electron chi connectivity index (χ0n) is 15.7. The van der Waals surface area contributed by atoms with Crippen LogP contribution in [0.4, 0.5) is 8.78 Å². The number of halogens is 2. The molecule has 0 radical (unpaired) electrons. The van der Waals surface area contributed by atoms with Crippen LogP contribution >= 0.6 is 0 Å². The third-order valence-corrected chi connectivity index (χ3v) is 5.07. The van der Waals surface area contributed by atoms with Crippen molar-refractivity contribution in [2.24, 2.45) is 0 Å². The van der Waals surface area contributed by atoms with Crippen LogP contribution in [0.15, 0.2) is 48.5 Å². The largest absolute Gasteiger partial charge is 0.353 e. The van der Waals surface area contributed by atoms with Crippen molar-refractivity contribution in [3.05, 3.63) is 71.3 Å². The predicted molar refractivity (Wildman–Crippen MR) is 103 cm³/mol. The number of carbonyl (C=O) groups is 2. The Labute approximate surface area is 163 Å². The minimum absolute atomic E-state index is 0.00466. The molecule has 0 aliphatic carbocycles. The molecule has 0 atom stereocenters. The summed E-state index contributed by atoms with van der Waals surface area (Å²) in [5, 5.41) is 2.71. The maximum atomic E-state index is 13.3. The van der Waals surface area contributed by atoms with E-state index in [2.05, 4.69) is 5.32 Å². The number of hydrogen-bond donors (Lipinski definition) is 1. The second kappa shape index (κ2) is 9.44. The molecule has 1 fully saturated rings. The third kappa shape index (κ3) is 5.38. The molecule has 0 unspecified atom stereocenters. The smallest absolute Gasteiger partial charge is 0.239 e. The Morgan fingerprint density at radius 3 is 2.07 bits per heavy atom. The predicted octanol–water partition coefficient (Wildman–Crippen LogP) is 3.62. The lowest BCUT2D eigenvalue weighted by Crippen LogP contribution is -2.49. The normalized spacial score (nSPS) is 14.2. The number of unbranched alkanes of at least 4 members (excludes halogenated alkanes) is 1. The lowest BCUT2D eigenvalue weighted by Gasteiger charge is -2.26. The Bertz CT molecular complexity index is 761. The summed E-state index contributed by atoms with van der Waals surface area (Å²) >= 11 is 0. The molecule has 28 heavy (non-hydrogen) atoms. The van der Waals surface area contributed by atoms with E-state index < -0.39 is 0 Å². The first-order valence-electron chi connectivity index (χ1n) is 9.58. The fraction of sp³-hybridized carbons (Fsp3) is 0.364. The molecule has 0 aromatic heterocycles. The van der Waals surface area contributed by atoms with Gasteiger partial charge >= 0.3 is 0 Å². The van der Waals surface area contributed by atoms with E-state index in [1.165, 1.54) is 24.3 Å². The topological polar surface area (TPSA) is 49.4 Å². The van der Waals surface area contributed by atoms with Crippen LogP contribution in [-0.4, -0.2) is 36.3 Å². The first-order valence-corrected chi connectivity index (χ1v) is 9.58. The van der Waals surface area contributed by atoms with Gasteiger partial charge < -0.3 is 10.2 Å². The van der Waals surface area contributed by atoms with E-state index in [4.69, 9.17) is 0 Å². The maximum absolute atomic E-state index is 13.3. The summed E-state index contributed by atoms with van der Waals surface area (Å²) < 4.78 is 26.6. The minimum atomic E-state index is -0.294. The highest BCUT2D eigenvalue weighted by molar-refractivity contribution is 5.85. The van der Waals surface area contributed by atoms with Crippen LogP contribution in [0.3, 0.4) is 0 Å². The van der Waals surface area contributed by atoms with E-state index >= 15 is 0 Å². The fourth-order valence-corrected chi connectivity index (χ4v) is 3.55. The molecule has 1 aliphatic heterocycles. The molecular formula is C22H24F2N2O2. The highest BCUT2D eigenvalue weighted by Gasteiger charge is 2.21. The minimum Gasteiger partial charge on any atom is -0.353 e. The summed E-state index contributed by atoms with van der Waals surface area (Å²) in [6.07, 6.45) is 2.67. The molecule has 4 nitrogen and oxygen atoms in total. The molecule has 2 aromatic rings. The molecule has 1 aliphatic rings. The van der Waals surface area contributed by atoms with E-state index in [9.17, 15) is 18.4 Å². The molecule has 1 heterocycles. The SMILES string of the molecule is O=C1CN(C(=O)CCCCC(c2ccc(F)cc2)c2ccc(F)cc2)CCN1.